The Morgan fingerprint density at radius 3 is 2.26 bits per heavy atom. The first-order valence-corrected chi connectivity index (χ1v) is 5.53. The number of hydrogen-bond acceptors (Lipinski definition) is 4. The molecule has 0 fully saturated rings. The summed E-state index contributed by atoms with van der Waals surface area (Å²) in [4.78, 5) is 0. The van der Waals surface area contributed by atoms with Crippen LogP contribution in [-0.2, 0) is 5.92 Å². The maximum atomic E-state index is 13.1. The molecule has 0 saturated heterocycles. The first-order chi connectivity index (χ1) is 8.62. The van der Waals surface area contributed by atoms with E-state index in [2.05, 4.69) is 0 Å². The Labute approximate surface area is 110 Å². The molecule has 1 aromatic carbocycles. The monoisotopic (exact) mass is 269 g/mol. The lowest BCUT2D eigenvalue weighted by Crippen LogP contribution is -2.10. The van der Waals surface area contributed by atoms with Gasteiger partial charge in [-0.15, -0.1) is 0 Å². The molecule has 0 unspecified atom stereocenters. The van der Waals surface area contributed by atoms with E-state index in [-0.39, 0.29) is 28.4 Å². The number of phenolic OH excluding ortho intramolecular Hbond substituents is 1. The van der Waals surface area contributed by atoms with E-state index in [0.717, 1.165) is 13.0 Å². The van der Waals surface area contributed by atoms with Crippen LogP contribution in [0.4, 0.5) is 8.78 Å². The van der Waals surface area contributed by atoms with Crippen molar-refractivity contribution in [3.8, 4) is 5.75 Å². The molecule has 0 aliphatic rings. The first-order valence-electron chi connectivity index (χ1n) is 5.53. The van der Waals surface area contributed by atoms with Crippen LogP contribution >= 0.6 is 0 Å². The second-order valence-electron chi connectivity index (χ2n) is 4.36. The molecule has 0 radical (unpaired) electrons. The Kier molecular flexibility index (Phi) is 4.04. The van der Waals surface area contributed by atoms with Crippen molar-refractivity contribution < 1.29 is 13.9 Å². The molecule has 7 N–H and O–H groups in total. The third-order valence-electron chi connectivity index (χ3n) is 2.60. The SMILES string of the molecule is C/C(C=C(N)N)=C(/N)c1ccc(C(C)(F)F)cc1O. The number of halogens is 2. The number of phenols is 1. The van der Waals surface area contributed by atoms with Crippen LogP contribution in [0.2, 0.25) is 0 Å². The van der Waals surface area contributed by atoms with Gasteiger partial charge in [0.2, 0.25) is 0 Å². The van der Waals surface area contributed by atoms with Crippen molar-refractivity contribution in [2.24, 2.45) is 17.2 Å². The van der Waals surface area contributed by atoms with Crippen LogP contribution in [0, 0.1) is 0 Å². The van der Waals surface area contributed by atoms with Gasteiger partial charge in [-0.1, -0.05) is 6.07 Å². The average Bonchev–Trinajstić information content (AvgIpc) is 2.25. The predicted octanol–water partition coefficient (Wildman–Crippen LogP) is 1.95. The minimum absolute atomic E-state index is 0.0663. The number of alkyl halides is 2. The van der Waals surface area contributed by atoms with E-state index in [4.69, 9.17) is 17.2 Å². The molecule has 1 rings (SSSR count). The molecule has 0 spiro atoms. The van der Waals surface area contributed by atoms with Crippen LogP contribution in [0.3, 0.4) is 0 Å². The Balaban J connectivity index is 3.28. The van der Waals surface area contributed by atoms with Gasteiger partial charge in [0.1, 0.15) is 5.75 Å². The van der Waals surface area contributed by atoms with Crippen molar-refractivity contribution in [3.63, 3.8) is 0 Å². The summed E-state index contributed by atoms with van der Waals surface area (Å²) in [7, 11) is 0. The van der Waals surface area contributed by atoms with E-state index in [1.165, 1.54) is 18.2 Å². The molecule has 0 aliphatic carbocycles. The van der Waals surface area contributed by atoms with Crippen LogP contribution in [0.5, 0.6) is 5.75 Å². The average molecular weight is 269 g/mol. The van der Waals surface area contributed by atoms with Gasteiger partial charge < -0.3 is 22.3 Å². The van der Waals surface area contributed by atoms with E-state index in [9.17, 15) is 13.9 Å². The van der Waals surface area contributed by atoms with Gasteiger partial charge in [0.15, 0.2) is 0 Å². The topological polar surface area (TPSA) is 98.3 Å². The Hall–Kier alpha value is -2.24. The standard InChI is InChI=1S/C13H17F2N3O/c1-7(5-11(16)17)12(18)9-4-3-8(6-10(9)19)13(2,14)15/h3-6,19H,16-18H2,1-2H3/b12-7-. The van der Waals surface area contributed by atoms with Crippen LogP contribution in [0.1, 0.15) is 25.0 Å². The highest BCUT2D eigenvalue weighted by molar-refractivity contribution is 5.72. The zero-order valence-corrected chi connectivity index (χ0v) is 10.7. The van der Waals surface area contributed by atoms with E-state index in [0.29, 0.717) is 5.57 Å². The maximum absolute atomic E-state index is 13.1. The predicted molar refractivity (Wildman–Crippen MR) is 70.9 cm³/mol. The highest BCUT2D eigenvalue weighted by atomic mass is 19.3. The number of allylic oxidation sites excluding steroid dienone is 2. The normalized spacial score (nSPS) is 12.8. The highest BCUT2D eigenvalue weighted by Crippen LogP contribution is 2.33. The Morgan fingerprint density at radius 2 is 1.84 bits per heavy atom. The summed E-state index contributed by atoms with van der Waals surface area (Å²) in [6.07, 6.45) is 1.43. The second-order valence-corrected chi connectivity index (χ2v) is 4.36. The Morgan fingerprint density at radius 1 is 1.26 bits per heavy atom. The maximum Gasteiger partial charge on any atom is 0.270 e. The molecule has 0 saturated carbocycles. The smallest absolute Gasteiger partial charge is 0.270 e. The van der Waals surface area contributed by atoms with Crippen molar-refractivity contribution >= 4 is 5.70 Å². The minimum atomic E-state index is -3.02. The third-order valence-corrected chi connectivity index (χ3v) is 2.60. The van der Waals surface area contributed by atoms with Crippen molar-refractivity contribution in [2.45, 2.75) is 19.8 Å². The van der Waals surface area contributed by atoms with Crippen LogP contribution in [-0.4, -0.2) is 5.11 Å². The molecule has 104 valence electrons. The third kappa shape index (κ3) is 3.61. The number of hydrogen-bond donors (Lipinski definition) is 4. The highest BCUT2D eigenvalue weighted by Gasteiger charge is 2.25. The summed E-state index contributed by atoms with van der Waals surface area (Å²) >= 11 is 0. The fraction of sp³-hybridized carbons (Fsp3) is 0.231. The lowest BCUT2D eigenvalue weighted by Gasteiger charge is -2.13. The summed E-state index contributed by atoms with van der Waals surface area (Å²) in [5.74, 6) is -3.28. The van der Waals surface area contributed by atoms with E-state index in [1.54, 1.807) is 6.92 Å². The number of nitrogens with two attached hydrogens (primary N) is 3. The first kappa shape index (κ1) is 14.8. The van der Waals surface area contributed by atoms with Crippen LogP contribution < -0.4 is 17.2 Å². The van der Waals surface area contributed by atoms with E-state index < -0.39 is 5.92 Å². The van der Waals surface area contributed by atoms with Gasteiger partial charge in [0, 0.05) is 23.7 Å². The van der Waals surface area contributed by atoms with Gasteiger partial charge in [-0.2, -0.15) is 0 Å². The lowest BCUT2D eigenvalue weighted by atomic mass is 10.0. The molecular weight excluding hydrogens is 252 g/mol. The molecule has 0 aromatic heterocycles. The van der Waals surface area contributed by atoms with Gasteiger partial charge in [0.25, 0.3) is 5.92 Å². The molecule has 6 heteroatoms. The van der Waals surface area contributed by atoms with Gasteiger partial charge in [0.05, 0.1) is 5.82 Å². The fourth-order valence-electron chi connectivity index (χ4n) is 1.57. The van der Waals surface area contributed by atoms with E-state index in [1.807, 2.05) is 0 Å². The summed E-state index contributed by atoms with van der Waals surface area (Å²) in [5.41, 5.74) is 17.2. The molecule has 1 aromatic rings. The van der Waals surface area contributed by atoms with Gasteiger partial charge in [-0.25, -0.2) is 8.78 Å². The molecule has 19 heavy (non-hydrogen) atoms. The van der Waals surface area contributed by atoms with Crippen molar-refractivity contribution in [1.82, 2.24) is 0 Å². The van der Waals surface area contributed by atoms with Gasteiger partial charge in [-0.3, -0.25) is 0 Å². The molecule has 0 amide bonds. The van der Waals surface area contributed by atoms with Crippen LogP contribution in [0.15, 0.2) is 35.7 Å². The molecular formula is C13H17F2N3O. The Bertz CT molecular complexity index is 541. The molecule has 0 bridgehead atoms. The number of rotatable bonds is 3. The van der Waals surface area contributed by atoms with Gasteiger partial charge >= 0.3 is 0 Å². The summed E-state index contributed by atoms with van der Waals surface area (Å²) in [6, 6.07) is 3.54. The van der Waals surface area contributed by atoms with Crippen molar-refractivity contribution in [2.75, 3.05) is 0 Å². The number of benzene rings is 1. The largest absolute Gasteiger partial charge is 0.507 e. The summed E-state index contributed by atoms with van der Waals surface area (Å²) in [5, 5.41) is 9.78. The van der Waals surface area contributed by atoms with E-state index >= 15 is 0 Å². The van der Waals surface area contributed by atoms with Gasteiger partial charge in [-0.05, 0) is 30.7 Å². The minimum Gasteiger partial charge on any atom is -0.507 e. The molecule has 0 heterocycles. The quantitative estimate of drug-likeness (QED) is 0.630. The zero-order valence-electron chi connectivity index (χ0n) is 10.7. The van der Waals surface area contributed by atoms with Crippen molar-refractivity contribution in [1.29, 1.82) is 0 Å². The summed E-state index contributed by atoms with van der Waals surface area (Å²) < 4.78 is 26.2. The molecule has 4 nitrogen and oxygen atoms in total. The molecule has 0 atom stereocenters. The summed E-state index contributed by atoms with van der Waals surface area (Å²) in [6.45, 7) is 2.40. The van der Waals surface area contributed by atoms with Crippen LogP contribution in [0.25, 0.3) is 5.70 Å². The molecule has 0 aliphatic heterocycles. The second kappa shape index (κ2) is 5.17. The zero-order chi connectivity index (χ0) is 14.8. The van der Waals surface area contributed by atoms with Crippen molar-refractivity contribution in [3.05, 3.63) is 46.8 Å². The lowest BCUT2D eigenvalue weighted by molar-refractivity contribution is 0.0172. The number of aromatic hydroxyl groups is 1. The fourth-order valence-corrected chi connectivity index (χ4v) is 1.57.